The van der Waals surface area contributed by atoms with E-state index in [1.54, 1.807) is 0 Å². The topological polar surface area (TPSA) is 61.9 Å². The average molecular weight is 330 g/mol. The third kappa shape index (κ3) is 3.98. The highest BCUT2D eigenvalue weighted by Crippen LogP contribution is 2.38. The molecule has 3 aliphatic rings. The van der Waals surface area contributed by atoms with Crippen LogP contribution < -0.4 is 0 Å². The standard InChI is InChI=1S/C19H30N4O/c24-18(8-5-14-3-1-2-4-14)23-11-9-15(10-12-23)13-17-20-19(22-21-17)16-6-7-16/h14-16H,1-13H2,(H,20,21,22). The Hall–Kier alpha value is -1.39. The maximum atomic E-state index is 12.4. The van der Waals surface area contributed by atoms with Crippen molar-refractivity contribution in [2.75, 3.05) is 13.1 Å². The molecule has 132 valence electrons. The fourth-order valence-corrected chi connectivity index (χ4v) is 4.37. The quantitative estimate of drug-likeness (QED) is 0.869. The summed E-state index contributed by atoms with van der Waals surface area (Å²) >= 11 is 0. The molecular weight excluding hydrogens is 300 g/mol. The van der Waals surface area contributed by atoms with Gasteiger partial charge in [-0.2, -0.15) is 5.10 Å². The molecule has 1 saturated heterocycles. The summed E-state index contributed by atoms with van der Waals surface area (Å²) in [6, 6.07) is 0. The van der Waals surface area contributed by atoms with Gasteiger partial charge < -0.3 is 4.90 Å². The van der Waals surface area contributed by atoms with Crippen molar-refractivity contribution in [3.63, 3.8) is 0 Å². The van der Waals surface area contributed by atoms with Gasteiger partial charge in [0.2, 0.25) is 5.91 Å². The maximum Gasteiger partial charge on any atom is 0.222 e. The molecule has 3 fully saturated rings. The molecule has 0 radical (unpaired) electrons. The molecule has 24 heavy (non-hydrogen) atoms. The normalized spacial score (nSPS) is 23.1. The van der Waals surface area contributed by atoms with Gasteiger partial charge in [0, 0.05) is 31.8 Å². The number of likely N-dealkylation sites (tertiary alicyclic amines) is 1. The molecule has 0 bridgehead atoms. The van der Waals surface area contributed by atoms with Gasteiger partial charge in [-0.05, 0) is 43.9 Å². The zero-order valence-corrected chi connectivity index (χ0v) is 14.7. The molecule has 4 rings (SSSR count). The Kier molecular flexibility index (Phi) is 4.86. The molecule has 1 aromatic rings. The third-order valence-corrected chi connectivity index (χ3v) is 6.18. The molecule has 2 saturated carbocycles. The SMILES string of the molecule is O=C(CCC1CCCC1)N1CCC(Cc2nc(C3CC3)n[nH]2)CC1. The van der Waals surface area contributed by atoms with Crippen molar-refractivity contribution >= 4 is 5.91 Å². The summed E-state index contributed by atoms with van der Waals surface area (Å²) in [5, 5.41) is 7.47. The van der Waals surface area contributed by atoms with E-state index < -0.39 is 0 Å². The number of carbonyl (C=O) groups is 1. The summed E-state index contributed by atoms with van der Waals surface area (Å²) in [6.07, 6.45) is 13.0. The van der Waals surface area contributed by atoms with Crippen molar-refractivity contribution in [2.45, 2.75) is 76.5 Å². The van der Waals surface area contributed by atoms with E-state index in [0.717, 1.165) is 62.8 Å². The molecule has 1 aliphatic heterocycles. The summed E-state index contributed by atoms with van der Waals surface area (Å²) in [6.45, 7) is 1.86. The van der Waals surface area contributed by atoms with Crippen molar-refractivity contribution in [3.05, 3.63) is 11.6 Å². The van der Waals surface area contributed by atoms with Crippen LogP contribution in [0.5, 0.6) is 0 Å². The second-order valence-electron chi connectivity index (χ2n) is 8.13. The zero-order chi connectivity index (χ0) is 16.4. The number of aromatic amines is 1. The third-order valence-electron chi connectivity index (χ3n) is 6.18. The molecule has 5 heteroatoms. The van der Waals surface area contributed by atoms with E-state index in [2.05, 4.69) is 20.1 Å². The predicted octanol–water partition coefficient (Wildman–Crippen LogP) is 3.43. The Morgan fingerprint density at radius 1 is 1.04 bits per heavy atom. The molecule has 0 atom stereocenters. The van der Waals surface area contributed by atoms with E-state index in [1.807, 2.05) is 0 Å². The number of amides is 1. The first-order valence-electron chi connectivity index (χ1n) is 9.97. The van der Waals surface area contributed by atoms with Gasteiger partial charge >= 0.3 is 0 Å². The lowest BCUT2D eigenvalue weighted by Crippen LogP contribution is -2.39. The van der Waals surface area contributed by atoms with E-state index in [4.69, 9.17) is 0 Å². The molecule has 1 N–H and O–H groups in total. The number of rotatable bonds is 6. The molecular formula is C19H30N4O. The van der Waals surface area contributed by atoms with Crippen molar-refractivity contribution in [1.29, 1.82) is 0 Å². The Morgan fingerprint density at radius 2 is 1.79 bits per heavy atom. The van der Waals surface area contributed by atoms with Crippen LogP contribution in [-0.2, 0) is 11.2 Å². The number of aromatic nitrogens is 3. The Balaban J connectivity index is 1.18. The smallest absolute Gasteiger partial charge is 0.222 e. The van der Waals surface area contributed by atoms with E-state index in [-0.39, 0.29) is 0 Å². The largest absolute Gasteiger partial charge is 0.343 e. The van der Waals surface area contributed by atoms with Gasteiger partial charge in [-0.1, -0.05) is 25.7 Å². The predicted molar refractivity (Wildman–Crippen MR) is 92.6 cm³/mol. The van der Waals surface area contributed by atoms with Gasteiger partial charge in [0.25, 0.3) is 0 Å². The van der Waals surface area contributed by atoms with Crippen molar-refractivity contribution in [2.24, 2.45) is 11.8 Å². The number of carbonyl (C=O) groups excluding carboxylic acids is 1. The van der Waals surface area contributed by atoms with Crippen LogP contribution in [0.3, 0.4) is 0 Å². The average Bonchev–Trinajstić information content (AvgIpc) is 3.13. The van der Waals surface area contributed by atoms with Crippen LogP contribution >= 0.6 is 0 Å². The van der Waals surface area contributed by atoms with E-state index in [0.29, 0.717) is 17.7 Å². The summed E-state index contributed by atoms with van der Waals surface area (Å²) in [5.74, 6) is 4.53. The highest BCUT2D eigenvalue weighted by molar-refractivity contribution is 5.76. The van der Waals surface area contributed by atoms with Gasteiger partial charge in [-0.25, -0.2) is 4.98 Å². The fourth-order valence-electron chi connectivity index (χ4n) is 4.37. The van der Waals surface area contributed by atoms with Gasteiger partial charge in [-0.3, -0.25) is 9.89 Å². The second kappa shape index (κ2) is 7.24. The van der Waals surface area contributed by atoms with Crippen molar-refractivity contribution in [3.8, 4) is 0 Å². The van der Waals surface area contributed by atoms with Crippen LogP contribution in [-0.4, -0.2) is 39.1 Å². The molecule has 2 aliphatic carbocycles. The zero-order valence-electron chi connectivity index (χ0n) is 14.7. The van der Waals surface area contributed by atoms with E-state index >= 15 is 0 Å². The first-order chi connectivity index (χ1) is 11.8. The molecule has 1 amide bonds. The van der Waals surface area contributed by atoms with E-state index in [9.17, 15) is 4.79 Å². The fraction of sp³-hybridized carbons (Fsp3) is 0.842. The summed E-state index contributed by atoms with van der Waals surface area (Å²) in [5.41, 5.74) is 0. The molecule has 2 heterocycles. The molecule has 0 spiro atoms. The summed E-state index contributed by atoms with van der Waals surface area (Å²) in [7, 11) is 0. The molecule has 5 nitrogen and oxygen atoms in total. The first-order valence-corrected chi connectivity index (χ1v) is 9.97. The van der Waals surface area contributed by atoms with Gasteiger partial charge in [-0.15, -0.1) is 0 Å². The number of nitrogens with one attached hydrogen (secondary N) is 1. The second-order valence-corrected chi connectivity index (χ2v) is 8.13. The highest BCUT2D eigenvalue weighted by Gasteiger charge is 2.29. The monoisotopic (exact) mass is 330 g/mol. The van der Waals surface area contributed by atoms with Crippen molar-refractivity contribution < 1.29 is 4.79 Å². The van der Waals surface area contributed by atoms with Crippen LogP contribution in [0, 0.1) is 11.8 Å². The van der Waals surface area contributed by atoms with Gasteiger partial charge in [0.1, 0.15) is 5.82 Å². The lowest BCUT2D eigenvalue weighted by molar-refractivity contribution is -0.132. The van der Waals surface area contributed by atoms with Crippen LogP contribution in [0.2, 0.25) is 0 Å². The lowest BCUT2D eigenvalue weighted by atomic mass is 9.92. The van der Waals surface area contributed by atoms with Crippen molar-refractivity contribution in [1.82, 2.24) is 20.1 Å². The number of nitrogens with zero attached hydrogens (tertiary/aromatic N) is 3. The summed E-state index contributed by atoms with van der Waals surface area (Å²) < 4.78 is 0. The number of piperidine rings is 1. The molecule has 0 unspecified atom stereocenters. The first kappa shape index (κ1) is 16.1. The minimum absolute atomic E-state index is 0.385. The Morgan fingerprint density at radius 3 is 2.50 bits per heavy atom. The van der Waals surface area contributed by atoms with Crippen LogP contribution in [0.4, 0.5) is 0 Å². The lowest BCUT2D eigenvalue weighted by Gasteiger charge is -2.32. The van der Waals surface area contributed by atoms with Crippen LogP contribution in [0.25, 0.3) is 0 Å². The highest BCUT2D eigenvalue weighted by atomic mass is 16.2. The summed E-state index contributed by atoms with van der Waals surface area (Å²) in [4.78, 5) is 19.1. The Bertz CT molecular complexity index is 551. The Labute approximate surface area is 144 Å². The number of H-pyrrole nitrogens is 1. The molecule has 1 aromatic heterocycles. The van der Waals surface area contributed by atoms with Gasteiger partial charge in [0.05, 0.1) is 0 Å². The number of hydrogen-bond acceptors (Lipinski definition) is 3. The molecule has 0 aromatic carbocycles. The minimum Gasteiger partial charge on any atom is -0.343 e. The number of hydrogen-bond donors (Lipinski definition) is 1. The van der Waals surface area contributed by atoms with Crippen LogP contribution in [0.15, 0.2) is 0 Å². The maximum absolute atomic E-state index is 12.4. The van der Waals surface area contributed by atoms with Crippen LogP contribution in [0.1, 0.15) is 81.8 Å². The van der Waals surface area contributed by atoms with Gasteiger partial charge in [0.15, 0.2) is 5.82 Å². The minimum atomic E-state index is 0.385. The van der Waals surface area contributed by atoms with E-state index in [1.165, 1.54) is 38.5 Å².